The van der Waals surface area contributed by atoms with Crippen LogP contribution in [-0.2, 0) is 14.3 Å². The summed E-state index contributed by atoms with van der Waals surface area (Å²) in [7, 11) is 0. The number of carbonyl (C=O) groups excluding carboxylic acids is 1. The van der Waals surface area contributed by atoms with Crippen molar-refractivity contribution in [3.05, 3.63) is 0 Å². The zero-order valence-electron chi connectivity index (χ0n) is 11.8. The van der Waals surface area contributed by atoms with Crippen LogP contribution in [0.25, 0.3) is 0 Å². The van der Waals surface area contributed by atoms with Gasteiger partial charge in [-0.15, -0.1) is 0 Å². The maximum Gasteiger partial charge on any atom is 0.407 e. The summed E-state index contributed by atoms with van der Waals surface area (Å²) in [4.78, 5) is 22.6. The van der Waals surface area contributed by atoms with Crippen molar-refractivity contribution in [2.24, 2.45) is 11.8 Å². The van der Waals surface area contributed by atoms with Gasteiger partial charge in [-0.1, -0.05) is 0 Å². The van der Waals surface area contributed by atoms with E-state index >= 15 is 0 Å². The van der Waals surface area contributed by atoms with Crippen LogP contribution in [0.15, 0.2) is 0 Å². The van der Waals surface area contributed by atoms with Crippen LogP contribution in [0.5, 0.6) is 0 Å². The first kappa shape index (κ1) is 15.8. The molecule has 0 spiro atoms. The summed E-state index contributed by atoms with van der Waals surface area (Å²) >= 11 is 0. The van der Waals surface area contributed by atoms with Crippen LogP contribution < -0.4 is 5.32 Å². The van der Waals surface area contributed by atoms with Crippen molar-refractivity contribution in [1.29, 1.82) is 0 Å². The van der Waals surface area contributed by atoms with Crippen molar-refractivity contribution in [3.63, 3.8) is 0 Å². The third kappa shape index (κ3) is 6.42. The number of carboxylic acid groups (broad SMARTS) is 1. The molecule has 6 heteroatoms. The number of hydrogen-bond donors (Lipinski definition) is 2. The van der Waals surface area contributed by atoms with E-state index in [0.29, 0.717) is 19.6 Å². The van der Waals surface area contributed by atoms with Crippen molar-refractivity contribution in [2.75, 3.05) is 19.8 Å². The van der Waals surface area contributed by atoms with Gasteiger partial charge < -0.3 is 19.9 Å². The second-order valence-electron chi connectivity index (χ2n) is 5.88. The minimum Gasteiger partial charge on any atom is -0.481 e. The van der Waals surface area contributed by atoms with E-state index in [-0.39, 0.29) is 12.5 Å². The molecule has 1 saturated heterocycles. The topological polar surface area (TPSA) is 84.9 Å². The average molecular weight is 273 g/mol. The summed E-state index contributed by atoms with van der Waals surface area (Å²) in [6, 6.07) is 0. The maximum atomic E-state index is 11.5. The van der Waals surface area contributed by atoms with Gasteiger partial charge in [0.25, 0.3) is 0 Å². The summed E-state index contributed by atoms with van der Waals surface area (Å²) < 4.78 is 10.3. The van der Waals surface area contributed by atoms with Crippen LogP contribution in [0.1, 0.15) is 33.6 Å². The highest BCUT2D eigenvalue weighted by Gasteiger charge is 2.26. The summed E-state index contributed by atoms with van der Waals surface area (Å²) in [6.07, 6.45) is 0.822. The molecule has 1 aliphatic heterocycles. The van der Waals surface area contributed by atoms with E-state index in [4.69, 9.17) is 14.6 Å². The first-order chi connectivity index (χ1) is 8.78. The van der Waals surface area contributed by atoms with E-state index in [2.05, 4.69) is 5.32 Å². The number of ether oxygens (including phenoxy) is 2. The van der Waals surface area contributed by atoms with Gasteiger partial charge in [0.15, 0.2) is 0 Å². The number of aliphatic carboxylic acids is 1. The SMILES string of the molecule is CC(C)(C)OC(=O)NCC(CC1CCOC1)C(=O)O. The van der Waals surface area contributed by atoms with Crippen molar-refractivity contribution in [1.82, 2.24) is 5.32 Å². The second-order valence-corrected chi connectivity index (χ2v) is 5.88. The fraction of sp³-hybridized carbons (Fsp3) is 0.846. The van der Waals surface area contributed by atoms with Gasteiger partial charge in [0.2, 0.25) is 0 Å². The monoisotopic (exact) mass is 273 g/mol. The molecule has 0 radical (unpaired) electrons. The van der Waals surface area contributed by atoms with Crippen LogP contribution in [0.4, 0.5) is 4.79 Å². The average Bonchev–Trinajstić information content (AvgIpc) is 2.73. The lowest BCUT2D eigenvalue weighted by Gasteiger charge is -2.21. The first-order valence-corrected chi connectivity index (χ1v) is 6.55. The minimum atomic E-state index is -0.900. The molecule has 2 N–H and O–H groups in total. The molecule has 0 bridgehead atoms. The molecule has 2 atom stereocenters. The molecule has 1 heterocycles. The van der Waals surface area contributed by atoms with E-state index in [1.807, 2.05) is 0 Å². The summed E-state index contributed by atoms with van der Waals surface area (Å²) in [5, 5.41) is 11.7. The van der Waals surface area contributed by atoms with Crippen molar-refractivity contribution < 1.29 is 24.2 Å². The van der Waals surface area contributed by atoms with Crippen molar-refractivity contribution in [3.8, 4) is 0 Å². The Morgan fingerprint density at radius 1 is 1.47 bits per heavy atom. The van der Waals surface area contributed by atoms with Gasteiger partial charge in [0, 0.05) is 19.8 Å². The zero-order valence-corrected chi connectivity index (χ0v) is 11.8. The van der Waals surface area contributed by atoms with Gasteiger partial charge >= 0.3 is 12.1 Å². The summed E-state index contributed by atoms with van der Waals surface area (Å²) in [5.41, 5.74) is -0.581. The van der Waals surface area contributed by atoms with Crippen LogP contribution in [0.3, 0.4) is 0 Å². The smallest absolute Gasteiger partial charge is 0.407 e. The molecule has 0 aliphatic carbocycles. The molecule has 1 fully saturated rings. The maximum absolute atomic E-state index is 11.5. The highest BCUT2D eigenvalue weighted by Crippen LogP contribution is 2.21. The molecule has 1 amide bonds. The lowest BCUT2D eigenvalue weighted by molar-refractivity contribution is -0.142. The molecule has 1 aliphatic rings. The molecular weight excluding hydrogens is 250 g/mol. The molecule has 0 aromatic carbocycles. The number of carbonyl (C=O) groups is 2. The summed E-state index contributed by atoms with van der Waals surface area (Å²) in [6.45, 7) is 6.67. The van der Waals surface area contributed by atoms with Crippen LogP contribution in [0.2, 0.25) is 0 Å². The Balaban J connectivity index is 2.37. The van der Waals surface area contributed by atoms with Crippen LogP contribution in [-0.4, -0.2) is 42.5 Å². The highest BCUT2D eigenvalue weighted by atomic mass is 16.6. The van der Waals surface area contributed by atoms with E-state index in [1.165, 1.54) is 0 Å². The predicted molar refractivity (Wildman–Crippen MR) is 68.9 cm³/mol. The fourth-order valence-corrected chi connectivity index (χ4v) is 1.96. The normalized spacial score (nSPS) is 20.9. The van der Waals surface area contributed by atoms with Gasteiger partial charge in [0.1, 0.15) is 5.60 Å². The van der Waals surface area contributed by atoms with Gasteiger partial charge in [-0.05, 0) is 39.5 Å². The Bertz CT molecular complexity index is 317. The number of carboxylic acids is 1. The summed E-state index contributed by atoms with van der Waals surface area (Å²) in [5.74, 6) is -1.23. The van der Waals surface area contributed by atoms with E-state index < -0.39 is 23.6 Å². The Kier molecular flexibility index (Phi) is 5.60. The molecule has 1 rings (SSSR count). The molecule has 0 aromatic rings. The number of amides is 1. The standard InChI is InChI=1S/C13H23NO5/c1-13(2,3)19-12(17)14-7-10(11(15)16)6-9-4-5-18-8-9/h9-10H,4-8H2,1-3H3,(H,14,17)(H,15,16). The number of rotatable bonds is 5. The number of hydrogen-bond acceptors (Lipinski definition) is 4. The van der Waals surface area contributed by atoms with Crippen molar-refractivity contribution in [2.45, 2.75) is 39.2 Å². The zero-order chi connectivity index (χ0) is 14.5. The van der Waals surface area contributed by atoms with Crippen LogP contribution >= 0.6 is 0 Å². The third-order valence-electron chi connectivity index (χ3n) is 2.88. The molecule has 19 heavy (non-hydrogen) atoms. The Morgan fingerprint density at radius 3 is 2.63 bits per heavy atom. The fourth-order valence-electron chi connectivity index (χ4n) is 1.96. The highest BCUT2D eigenvalue weighted by molar-refractivity contribution is 5.72. The minimum absolute atomic E-state index is 0.0841. The molecule has 6 nitrogen and oxygen atoms in total. The molecule has 0 aromatic heterocycles. The predicted octanol–water partition coefficient (Wildman–Crippen LogP) is 1.64. The van der Waals surface area contributed by atoms with Gasteiger partial charge in [-0.2, -0.15) is 0 Å². The van der Waals surface area contributed by atoms with Gasteiger partial charge in [-0.25, -0.2) is 4.79 Å². The third-order valence-corrected chi connectivity index (χ3v) is 2.88. The molecule has 0 saturated carbocycles. The Morgan fingerprint density at radius 2 is 2.16 bits per heavy atom. The lowest BCUT2D eigenvalue weighted by atomic mass is 9.94. The first-order valence-electron chi connectivity index (χ1n) is 6.55. The molecule has 2 unspecified atom stereocenters. The van der Waals surface area contributed by atoms with E-state index in [1.54, 1.807) is 20.8 Å². The molecule has 110 valence electrons. The van der Waals surface area contributed by atoms with E-state index in [0.717, 1.165) is 6.42 Å². The van der Waals surface area contributed by atoms with Crippen molar-refractivity contribution >= 4 is 12.1 Å². The van der Waals surface area contributed by atoms with E-state index in [9.17, 15) is 9.59 Å². The Labute approximate surface area is 113 Å². The number of alkyl carbamates (subject to hydrolysis) is 1. The number of nitrogens with one attached hydrogen (secondary N) is 1. The molecular formula is C13H23NO5. The quantitative estimate of drug-likeness (QED) is 0.795. The second kappa shape index (κ2) is 6.75. The van der Waals surface area contributed by atoms with Crippen LogP contribution in [0, 0.1) is 11.8 Å². The van der Waals surface area contributed by atoms with Gasteiger partial charge in [-0.3, -0.25) is 4.79 Å². The lowest BCUT2D eigenvalue weighted by Crippen LogP contribution is -2.37. The van der Waals surface area contributed by atoms with Gasteiger partial charge in [0.05, 0.1) is 5.92 Å². The Hall–Kier alpha value is -1.30. The largest absolute Gasteiger partial charge is 0.481 e.